The van der Waals surface area contributed by atoms with Gasteiger partial charge in [0.15, 0.2) is 11.5 Å². The molecule has 1 aliphatic heterocycles. The Hall–Kier alpha value is -2.01. The fraction of sp³-hybridized carbons (Fsp3) is 0.588. The number of rotatable bonds is 8. The van der Waals surface area contributed by atoms with Crippen LogP contribution >= 0.6 is 0 Å². The second-order valence-corrected chi connectivity index (χ2v) is 8.66. The number of carbonyl (C=O) groups is 1. The van der Waals surface area contributed by atoms with Crippen LogP contribution in [0.3, 0.4) is 0 Å². The zero-order chi connectivity index (χ0) is 20.9. The molecule has 28 heavy (non-hydrogen) atoms. The second kappa shape index (κ2) is 8.99. The molecule has 1 amide bonds. The van der Waals surface area contributed by atoms with E-state index >= 15 is 0 Å². The van der Waals surface area contributed by atoms with E-state index in [0.29, 0.717) is 18.8 Å². The van der Waals surface area contributed by atoms with Gasteiger partial charge in [0.05, 0.1) is 11.4 Å². The topological polar surface area (TPSA) is 84.9 Å². The lowest BCUT2D eigenvalue weighted by molar-refractivity contribution is -0.138. The number of sulfonamides is 1. The fourth-order valence-electron chi connectivity index (χ4n) is 2.43. The molecule has 0 unspecified atom stereocenters. The maximum absolute atomic E-state index is 13.0. The van der Waals surface area contributed by atoms with E-state index in [1.165, 1.54) is 18.2 Å². The van der Waals surface area contributed by atoms with Gasteiger partial charge in [-0.3, -0.25) is 4.79 Å². The highest BCUT2D eigenvalue weighted by molar-refractivity contribution is 7.89. The summed E-state index contributed by atoms with van der Waals surface area (Å²) >= 11 is 0. The van der Waals surface area contributed by atoms with E-state index in [1.54, 1.807) is 5.32 Å². The van der Waals surface area contributed by atoms with Crippen LogP contribution in [-0.2, 0) is 14.8 Å². The van der Waals surface area contributed by atoms with Gasteiger partial charge in [0.25, 0.3) is 0 Å². The standard InChI is InChI=1S/C17H23F3N2O5S/c1-12(2)5-6-22(10-16(23)21-11-17(18,19)20)28(24,25)13-3-4-14-15(9-13)27-8-7-26-14/h3-4,9,12H,5-8,10-11H2,1-2H3,(H,21,23). The van der Waals surface area contributed by atoms with Gasteiger partial charge in [0.1, 0.15) is 19.8 Å². The van der Waals surface area contributed by atoms with Crippen molar-refractivity contribution in [1.29, 1.82) is 0 Å². The number of carbonyl (C=O) groups excluding carboxylic acids is 1. The largest absolute Gasteiger partial charge is 0.486 e. The minimum atomic E-state index is -4.58. The fourth-order valence-corrected chi connectivity index (χ4v) is 3.86. The Labute approximate surface area is 161 Å². The van der Waals surface area contributed by atoms with Crippen LogP contribution in [0, 0.1) is 5.92 Å². The molecule has 1 N–H and O–H groups in total. The molecule has 0 saturated carbocycles. The van der Waals surface area contributed by atoms with Gasteiger partial charge in [-0.1, -0.05) is 13.8 Å². The van der Waals surface area contributed by atoms with E-state index in [2.05, 4.69) is 0 Å². The predicted octanol–water partition coefficient (Wildman–Crippen LogP) is 2.17. The van der Waals surface area contributed by atoms with Gasteiger partial charge in [-0.2, -0.15) is 17.5 Å². The van der Waals surface area contributed by atoms with Crippen molar-refractivity contribution < 1.29 is 35.9 Å². The van der Waals surface area contributed by atoms with Gasteiger partial charge in [-0.25, -0.2) is 8.42 Å². The summed E-state index contributed by atoms with van der Waals surface area (Å²) in [5.41, 5.74) is 0. The van der Waals surface area contributed by atoms with Crippen LogP contribution in [0.25, 0.3) is 0 Å². The minimum Gasteiger partial charge on any atom is -0.486 e. The van der Waals surface area contributed by atoms with Crippen molar-refractivity contribution in [1.82, 2.24) is 9.62 Å². The molecule has 1 aromatic rings. The molecular weight excluding hydrogens is 401 g/mol. The average Bonchev–Trinajstić information content (AvgIpc) is 2.62. The Morgan fingerprint density at radius 2 is 1.86 bits per heavy atom. The van der Waals surface area contributed by atoms with Crippen LogP contribution in [0.4, 0.5) is 13.2 Å². The highest BCUT2D eigenvalue weighted by Crippen LogP contribution is 2.33. The first-order chi connectivity index (χ1) is 13.0. The van der Waals surface area contributed by atoms with E-state index < -0.39 is 35.2 Å². The molecule has 1 aliphatic rings. The van der Waals surface area contributed by atoms with Crippen LogP contribution in [0.15, 0.2) is 23.1 Å². The Morgan fingerprint density at radius 1 is 1.21 bits per heavy atom. The lowest BCUT2D eigenvalue weighted by Crippen LogP contribution is -2.43. The number of fused-ring (bicyclic) bond motifs is 1. The third-order valence-electron chi connectivity index (χ3n) is 3.91. The first kappa shape index (κ1) is 22.3. The highest BCUT2D eigenvalue weighted by Gasteiger charge is 2.31. The zero-order valence-corrected chi connectivity index (χ0v) is 16.4. The molecule has 2 rings (SSSR count). The van der Waals surface area contributed by atoms with Crippen LogP contribution < -0.4 is 14.8 Å². The van der Waals surface area contributed by atoms with Crippen molar-refractivity contribution >= 4 is 15.9 Å². The number of halogens is 3. The number of ether oxygens (including phenoxy) is 2. The van der Waals surface area contributed by atoms with Gasteiger partial charge in [0.2, 0.25) is 15.9 Å². The van der Waals surface area contributed by atoms with Crippen molar-refractivity contribution in [2.24, 2.45) is 5.92 Å². The molecule has 0 fully saturated rings. The van der Waals surface area contributed by atoms with Crippen molar-refractivity contribution in [3.63, 3.8) is 0 Å². The molecule has 0 saturated heterocycles. The van der Waals surface area contributed by atoms with E-state index in [0.717, 1.165) is 4.31 Å². The molecule has 7 nitrogen and oxygen atoms in total. The number of nitrogens with zero attached hydrogens (tertiary/aromatic N) is 1. The molecular formula is C17H23F3N2O5S. The Morgan fingerprint density at radius 3 is 2.46 bits per heavy atom. The number of hydrogen-bond acceptors (Lipinski definition) is 5. The summed E-state index contributed by atoms with van der Waals surface area (Å²) < 4.78 is 74.5. The average molecular weight is 424 g/mol. The van der Waals surface area contributed by atoms with Crippen molar-refractivity contribution in [2.75, 3.05) is 32.8 Å². The summed E-state index contributed by atoms with van der Waals surface area (Å²) in [4.78, 5) is 11.8. The maximum atomic E-state index is 13.0. The number of benzene rings is 1. The summed E-state index contributed by atoms with van der Waals surface area (Å²) in [5, 5.41) is 1.70. The van der Waals surface area contributed by atoms with E-state index in [9.17, 15) is 26.4 Å². The number of alkyl halides is 3. The Balaban J connectivity index is 2.21. The molecule has 0 aromatic heterocycles. The number of hydrogen-bond donors (Lipinski definition) is 1. The summed E-state index contributed by atoms with van der Waals surface area (Å²) in [5.74, 6) is -0.224. The molecule has 11 heteroatoms. The van der Waals surface area contributed by atoms with Gasteiger partial charge in [-0.15, -0.1) is 0 Å². The lowest BCUT2D eigenvalue weighted by atomic mass is 10.1. The van der Waals surface area contributed by atoms with Crippen LogP contribution in [0.5, 0.6) is 11.5 Å². The molecule has 0 bridgehead atoms. The highest BCUT2D eigenvalue weighted by atomic mass is 32.2. The summed E-state index contributed by atoms with van der Waals surface area (Å²) in [6, 6.07) is 4.06. The third kappa shape index (κ3) is 6.26. The van der Waals surface area contributed by atoms with E-state index in [-0.39, 0.29) is 29.7 Å². The summed E-state index contributed by atoms with van der Waals surface area (Å²) in [7, 11) is -4.12. The minimum absolute atomic E-state index is 0.00607. The van der Waals surface area contributed by atoms with Crippen LogP contribution in [0.2, 0.25) is 0 Å². The molecule has 158 valence electrons. The summed E-state index contributed by atoms with van der Waals surface area (Å²) in [6.45, 7) is 2.13. The Kier molecular flexibility index (Phi) is 7.16. The second-order valence-electron chi connectivity index (χ2n) is 6.72. The van der Waals surface area contributed by atoms with Gasteiger partial charge in [-0.05, 0) is 24.5 Å². The number of nitrogens with one attached hydrogen (secondary N) is 1. The maximum Gasteiger partial charge on any atom is 0.405 e. The smallest absolute Gasteiger partial charge is 0.405 e. The van der Waals surface area contributed by atoms with E-state index in [1.807, 2.05) is 13.8 Å². The van der Waals surface area contributed by atoms with Crippen LogP contribution in [-0.4, -0.2) is 57.7 Å². The molecule has 1 heterocycles. The Bertz CT molecular complexity index is 796. The molecule has 0 atom stereocenters. The predicted molar refractivity (Wildman–Crippen MR) is 94.7 cm³/mol. The monoisotopic (exact) mass is 424 g/mol. The van der Waals surface area contributed by atoms with Crippen LogP contribution in [0.1, 0.15) is 20.3 Å². The molecule has 1 aromatic carbocycles. The number of amides is 1. The first-order valence-electron chi connectivity index (χ1n) is 8.72. The first-order valence-corrected chi connectivity index (χ1v) is 10.2. The van der Waals surface area contributed by atoms with Gasteiger partial charge >= 0.3 is 6.18 Å². The van der Waals surface area contributed by atoms with Gasteiger partial charge in [0, 0.05) is 12.6 Å². The zero-order valence-electron chi connectivity index (χ0n) is 15.6. The molecule has 0 spiro atoms. The lowest BCUT2D eigenvalue weighted by Gasteiger charge is -2.24. The normalized spacial score (nSPS) is 14.4. The van der Waals surface area contributed by atoms with Gasteiger partial charge < -0.3 is 14.8 Å². The molecule has 0 radical (unpaired) electrons. The summed E-state index contributed by atoms with van der Waals surface area (Å²) in [6.07, 6.45) is -4.14. The quantitative estimate of drug-likeness (QED) is 0.692. The molecule has 0 aliphatic carbocycles. The third-order valence-corrected chi connectivity index (χ3v) is 5.75. The van der Waals surface area contributed by atoms with Crippen molar-refractivity contribution in [2.45, 2.75) is 31.3 Å². The van der Waals surface area contributed by atoms with E-state index in [4.69, 9.17) is 9.47 Å². The SMILES string of the molecule is CC(C)CCN(CC(=O)NCC(F)(F)F)S(=O)(=O)c1ccc2c(c1)OCCO2. The van der Waals surface area contributed by atoms with Crippen molar-refractivity contribution in [3.05, 3.63) is 18.2 Å². The van der Waals surface area contributed by atoms with Crippen molar-refractivity contribution in [3.8, 4) is 11.5 Å².